The number of hydrogen-bond donors (Lipinski definition) is 6. The Morgan fingerprint density at radius 2 is 0.708 bits per heavy atom. The van der Waals surface area contributed by atoms with E-state index >= 15 is 0 Å². The maximum Gasteiger partial charge on any atom is 0.335 e. The first-order valence-corrected chi connectivity index (χ1v) is 15.0. The lowest BCUT2D eigenvalue weighted by molar-refractivity contribution is 0.0676. The molecule has 4 rings (SSSR count). The number of benzene rings is 4. The molecule has 0 aromatic heterocycles. The lowest BCUT2D eigenvalue weighted by Crippen LogP contribution is -2.15. The maximum absolute atomic E-state index is 12.0. The first-order chi connectivity index (χ1) is 22.0. The molecule has 0 aliphatic rings. The molecule has 0 radical (unpaired) electrons. The summed E-state index contributed by atoms with van der Waals surface area (Å²) < 4.78 is 0. The second-order valence-electron chi connectivity index (χ2n) is 14.0. The van der Waals surface area contributed by atoms with Crippen molar-refractivity contribution < 1.29 is 49.8 Å². The van der Waals surface area contributed by atoms with Crippen LogP contribution in [0.2, 0.25) is 0 Å². The molecule has 250 valence electrons. The summed E-state index contributed by atoms with van der Waals surface area (Å²) in [7, 11) is 0. The number of phenolic OH excluding ortho intramolecular Hbond substituents is 2. The Morgan fingerprint density at radius 3 is 0.917 bits per heavy atom. The second kappa shape index (κ2) is 12.2. The molecule has 6 N–H and O–H groups in total. The SMILES string of the molecule is Cc1c(-c2cc(C(=O)O)cc(C(=O)O)c2)cc(C(C)(C)C)c(O)c1-c1c(C)c(-c2cc(C(=O)O)cc(C(=O)O)c2)cc(C(C)(C)C)c1O. The van der Waals surface area contributed by atoms with Gasteiger partial charge in [0, 0.05) is 22.3 Å². The zero-order valence-electron chi connectivity index (χ0n) is 27.9. The second-order valence-corrected chi connectivity index (χ2v) is 14.0. The molecule has 0 atom stereocenters. The molecule has 48 heavy (non-hydrogen) atoms. The minimum absolute atomic E-state index is 0.169. The summed E-state index contributed by atoms with van der Waals surface area (Å²) in [6, 6.07) is 10.9. The zero-order valence-corrected chi connectivity index (χ0v) is 27.9. The highest BCUT2D eigenvalue weighted by Crippen LogP contribution is 2.52. The first-order valence-electron chi connectivity index (χ1n) is 15.0. The molecule has 0 saturated carbocycles. The van der Waals surface area contributed by atoms with Crippen molar-refractivity contribution in [1.29, 1.82) is 0 Å². The zero-order chi connectivity index (χ0) is 36.2. The van der Waals surface area contributed by atoms with Gasteiger partial charge < -0.3 is 30.6 Å². The van der Waals surface area contributed by atoms with E-state index < -0.39 is 34.7 Å². The summed E-state index contributed by atoms with van der Waals surface area (Å²) in [5, 5.41) is 63.1. The Labute approximate surface area is 277 Å². The van der Waals surface area contributed by atoms with E-state index in [4.69, 9.17) is 0 Å². The van der Waals surface area contributed by atoms with Crippen LogP contribution in [0.4, 0.5) is 0 Å². The quantitative estimate of drug-likeness (QED) is 0.113. The Kier molecular flexibility index (Phi) is 8.94. The van der Waals surface area contributed by atoms with Gasteiger partial charge in [-0.25, -0.2) is 19.2 Å². The van der Waals surface area contributed by atoms with Crippen molar-refractivity contribution >= 4 is 23.9 Å². The summed E-state index contributed by atoms with van der Waals surface area (Å²) in [4.78, 5) is 48.0. The van der Waals surface area contributed by atoms with Gasteiger partial charge in [-0.1, -0.05) is 41.5 Å². The Balaban J connectivity index is 2.25. The predicted molar refractivity (Wildman–Crippen MR) is 181 cm³/mol. The van der Waals surface area contributed by atoms with Crippen LogP contribution in [0.25, 0.3) is 33.4 Å². The maximum atomic E-state index is 12.0. The average Bonchev–Trinajstić information content (AvgIpc) is 2.96. The van der Waals surface area contributed by atoms with Gasteiger partial charge in [0.05, 0.1) is 22.3 Å². The number of carbonyl (C=O) groups is 4. The van der Waals surface area contributed by atoms with Crippen LogP contribution in [-0.4, -0.2) is 54.5 Å². The van der Waals surface area contributed by atoms with Gasteiger partial charge in [0.2, 0.25) is 0 Å². The topological polar surface area (TPSA) is 190 Å². The highest BCUT2D eigenvalue weighted by atomic mass is 16.4. The van der Waals surface area contributed by atoms with Crippen molar-refractivity contribution in [3.63, 3.8) is 0 Å². The molecule has 10 heteroatoms. The van der Waals surface area contributed by atoms with Gasteiger partial charge in [-0.15, -0.1) is 0 Å². The van der Waals surface area contributed by atoms with E-state index in [2.05, 4.69) is 0 Å². The fourth-order valence-corrected chi connectivity index (χ4v) is 5.95. The summed E-state index contributed by atoms with van der Waals surface area (Å²) in [6.45, 7) is 14.5. The molecular formula is C38H38O10. The largest absolute Gasteiger partial charge is 0.507 e. The van der Waals surface area contributed by atoms with E-state index in [0.717, 1.165) is 12.1 Å². The Bertz CT molecular complexity index is 1830. The van der Waals surface area contributed by atoms with Crippen molar-refractivity contribution in [2.45, 2.75) is 66.2 Å². The van der Waals surface area contributed by atoms with Crippen LogP contribution < -0.4 is 0 Å². The highest BCUT2D eigenvalue weighted by Gasteiger charge is 2.31. The van der Waals surface area contributed by atoms with E-state index in [1.165, 1.54) is 24.3 Å². The van der Waals surface area contributed by atoms with Crippen LogP contribution in [0.1, 0.15) is 105 Å². The van der Waals surface area contributed by atoms with Gasteiger partial charge in [-0.05, 0) is 107 Å². The average molecular weight is 655 g/mol. The van der Waals surface area contributed by atoms with Crippen LogP contribution in [0, 0.1) is 13.8 Å². The Morgan fingerprint density at radius 1 is 0.458 bits per heavy atom. The van der Waals surface area contributed by atoms with Crippen LogP contribution in [0.5, 0.6) is 11.5 Å². The molecule has 0 aliphatic heterocycles. The third kappa shape index (κ3) is 6.46. The van der Waals surface area contributed by atoms with Gasteiger partial charge in [0.25, 0.3) is 0 Å². The van der Waals surface area contributed by atoms with E-state index in [9.17, 15) is 49.8 Å². The van der Waals surface area contributed by atoms with E-state index in [0.29, 0.717) is 33.4 Å². The molecule has 4 aromatic carbocycles. The smallest absolute Gasteiger partial charge is 0.335 e. The van der Waals surface area contributed by atoms with Crippen molar-refractivity contribution in [3.05, 3.63) is 93.0 Å². The molecule has 0 unspecified atom stereocenters. The number of rotatable bonds is 7. The van der Waals surface area contributed by atoms with Gasteiger partial charge in [0.15, 0.2) is 0 Å². The van der Waals surface area contributed by atoms with E-state index in [1.807, 2.05) is 41.5 Å². The molecule has 0 spiro atoms. The molecule has 0 heterocycles. The van der Waals surface area contributed by atoms with Crippen LogP contribution >= 0.6 is 0 Å². The molecule has 0 aliphatic carbocycles. The van der Waals surface area contributed by atoms with Crippen LogP contribution in [0.15, 0.2) is 48.5 Å². The molecule has 0 amide bonds. The van der Waals surface area contributed by atoms with E-state index in [-0.39, 0.29) is 56.0 Å². The summed E-state index contributed by atoms with van der Waals surface area (Å²) in [6.07, 6.45) is 0. The molecule has 0 bridgehead atoms. The fraction of sp³-hybridized carbons (Fsp3) is 0.263. The van der Waals surface area contributed by atoms with Gasteiger partial charge in [-0.3, -0.25) is 0 Å². The molecule has 0 fully saturated rings. The van der Waals surface area contributed by atoms with Crippen molar-refractivity contribution in [2.24, 2.45) is 0 Å². The van der Waals surface area contributed by atoms with Crippen molar-refractivity contribution in [1.82, 2.24) is 0 Å². The molecule has 4 aromatic rings. The normalized spacial score (nSPS) is 11.8. The van der Waals surface area contributed by atoms with Crippen LogP contribution in [0.3, 0.4) is 0 Å². The van der Waals surface area contributed by atoms with Crippen molar-refractivity contribution in [2.75, 3.05) is 0 Å². The third-order valence-corrected chi connectivity index (χ3v) is 8.46. The van der Waals surface area contributed by atoms with Crippen molar-refractivity contribution in [3.8, 4) is 44.9 Å². The Hall–Kier alpha value is -5.64. The number of carboxylic acid groups (broad SMARTS) is 4. The third-order valence-electron chi connectivity index (χ3n) is 8.46. The molecule has 10 nitrogen and oxygen atoms in total. The first kappa shape index (κ1) is 35.2. The molecule has 0 saturated heterocycles. The van der Waals surface area contributed by atoms with Gasteiger partial charge in [-0.2, -0.15) is 0 Å². The van der Waals surface area contributed by atoms with Gasteiger partial charge in [0.1, 0.15) is 11.5 Å². The van der Waals surface area contributed by atoms with E-state index in [1.54, 1.807) is 26.0 Å². The number of hydrogen-bond acceptors (Lipinski definition) is 6. The summed E-state index contributed by atoms with van der Waals surface area (Å²) in [5.74, 6) is -5.64. The minimum Gasteiger partial charge on any atom is -0.507 e. The minimum atomic E-state index is -1.33. The lowest BCUT2D eigenvalue weighted by Gasteiger charge is -2.29. The number of phenols is 2. The van der Waals surface area contributed by atoms with Crippen LogP contribution in [-0.2, 0) is 10.8 Å². The number of carboxylic acids is 4. The monoisotopic (exact) mass is 654 g/mol. The predicted octanol–water partition coefficient (Wildman–Crippen LogP) is 8.10. The summed E-state index contributed by atoms with van der Waals surface area (Å²) in [5.41, 5.74) is 1.04. The highest BCUT2D eigenvalue weighted by molar-refractivity contribution is 5.99. The summed E-state index contributed by atoms with van der Waals surface area (Å²) >= 11 is 0. The standard InChI is InChI=1S/C38H38O10/c1-17-25(19-9-21(33(41)42)13-22(10-19)34(43)44)15-27(37(3,4)5)31(39)29(17)30-18(2)26(16-28(32(30)40)38(6,7)8)20-11-23(35(45)46)14-24(12-20)36(47)48/h9-16,39-40H,1-8H3,(H,41,42)(H,43,44)(H,45,46)(H,47,48). The van der Waals surface area contributed by atoms with Gasteiger partial charge >= 0.3 is 23.9 Å². The lowest BCUT2D eigenvalue weighted by atomic mass is 9.76. The fourth-order valence-electron chi connectivity index (χ4n) is 5.95. The number of aromatic hydroxyl groups is 2. The number of aromatic carboxylic acids is 4. The molecular weight excluding hydrogens is 616 g/mol.